The highest BCUT2D eigenvalue weighted by molar-refractivity contribution is 4.97. The van der Waals surface area contributed by atoms with Crippen molar-refractivity contribution < 1.29 is 4.42 Å². The summed E-state index contributed by atoms with van der Waals surface area (Å²) in [4.78, 5) is 2.35. The Bertz CT molecular complexity index is 291. The zero-order valence-corrected chi connectivity index (χ0v) is 10.8. The van der Waals surface area contributed by atoms with Crippen LogP contribution < -0.4 is 5.32 Å². The highest BCUT2D eigenvalue weighted by atomic mass is 16.3. The third kappa shape index (κ3) is 4.52. The molecule has 1 aliphatic heterocycles. The van der Waals surface area contributed by atoms with Gasteiger partial charge in [-0.1, -0.05) is 0 Å². The normalized spacial score (nSPS) is 17.8. The molecule has 0 aromatic carbocycles. The number of furan rings is 1. The molecular formula is C14H24N2O. The maximum absolute atomic E-state index is 5.35. The van der Waals surface area contributed by atoms with Crippen molar-refractivity contribution in [2.45, 2.75) is 32.2 Å². The lowest BCUT2D eigenvalue weighted by molar-refractivity contribution is 0.268. The summed E-state index contributed by atoms with van der Waals surface area (Å²) in [5.74, 6) is 2.02. The van der Waals surface area contributed by atoms with Crippen LogP contribution in [-0.4, -0.2) is 31.6 Å². The van der Waals surface area contributed by atoms with E-state index in [0.717, 1.165) is 18.2 Å². The van der Waals surface area contributed by atoms with Gasteiger partial charge in [-0.3, -0.25) is 4.90 Å². The Hall–Kier alpha value is -0.800. The van der Waals surface area contributed by atoms with Crippen LogP contribution in [0.15, 0.2) is 22.8 Å². The van der Waals surface area contributed by atoms with Crippen LogP contribution in [0, 0.1) is 5.92 Å². The largest absolute Gasteiger partial charge is 0.468 e. The van der Waals surface area contributed by atoms with Crippen molar-refractivity contribution in [3.63, 3.8) is 0 Å². The number of rotatable bonds is 6. The maximum atomic E-state index is 5.35. The molecular weight excluding hydrogens is 212 g/mol. The van der Waals surface area contributed by atoms with E-state index in [1.165, 1.54) is 45.3 Å². The molecule has 1 aromatic rings. The first kappa shape index (κ1) is 12.7. The fourth-order valence-electron chi connectivity index (χ4n) is 2.57. The summed E-state index contributed by atoms with van der Waals surface area (Å²) in [7, 11) is 2.17. The van der Waals surface area contributed by atoms with Crippen molar-refractivity contribution in [3.8, 4) is 0 Å². The molecule has 1 aliphatic rings. The van der Waals surface area contributed by atoms with E-state index in [9.17, 15) is 0 Å². The second kappa shape index (κ2) is 6.82. The average Bonchev–Trinajstić information content (AvgIpc) is 2.83. The minimum Gasteiger partial charge on any atom is -0.468 e. The molecule has 1 fully saturated rings. The molecule has 0 radical (unpaired) electrons. The molecule has 17 heavy (non-hydrogen) atoms. The quantitative estimate of drug-likeness (QED) is 0.822. The number of nitrogens with one attached hydrogen (secondary N) is 1. The highest BCUT2D eigenvalue weighted by Crippen LogP contribution is 2.18. The van der Waals surface area contributed by atoms with Crippen LogP contribution in [0.3, 0.4) is 0 Å². The van der Waals surface area contributed by atoms with Gasteiger partial charge in [0.25, 0.3) is 0 Å². The molecule has 0 bridgehead atoms. The molecule has 1 saturated heterocycles. The first-order chi connectivity index (χ1) is 8.34. The lowest BCUT2D eigenvalue weighted by atomic mass is 9.93. The molecule has 0 spiro atoms. The van der Waals surface area contributed by atoms with E-state index >= 15 is 0 Å². The number of nitrogens with zero attached hydrogens (tertiary/aromatic N) is 1. The standard InChI is InChI=1S/C14H24N2O/c1-16(12-14-5-3-11-17-14)10-2-4-13-6-8-15-9-7-13/h3,5,11,13,15H,2,4,6-10,12H2,1H3. The fraction of sp³-hybridized carbons (Fsp3) is 0.714. The van der Waals surface area contributed by atoms with E-state index in [1.54, 1.807) is 6.26 Å². The molecule has 2 heterocycles. The van der Waals surface area contributed by atoms with Crippen LogP contribution in [0.4, 0.5) is 0 Å². The maximum Gasteiger partial charge on any atom is 0.117 e. The topological polar surface area (TPSA) is 28.4 Å². The van der Waals surface area contributed by atoms with Gasteiger partial charge in [-0.25, -0.2) is 0 Å². The molecule has 0 unspecified atom stereocenters. The Morgan fingerprint density at radius 2 is 2.24 bits per heavy atom. The first-order valence-electron chi connectivity index (χ1n) is 6.76. The average molecular weight is 236 g/mol. The van der Waals surface area contributed by atoms with Crippen molar-refractivity contribution in [1.82, 2.24) is 10.2 Å². The monoisotopic (exact) mass is 236 g/mol. The Kier molecular flexibility index (Phi) is 5.08. The minimum absolute atomic E-state index is 0.930. The summed E-state index contributed by atoms with van der Waals surface area (Å²) in [6, 6.07) is 4.00. The zero-order valence-electron chi connectivity index (χ0n) is 10.8. The Morgan fingerprint density at radius 3 is 2.94 bits per heavy atom. The molecule has 0 atom stereocenters. The molecule has 3 nitrogen and oxygen atoms in total. The van der Waals surface area contributed by atoms with Gasteiger partial charge >= 0.3 is 0 Å². The number of hydrogen-bond donors (Lipinski definition) is 1. The van der Waals surface area contributed by atoms with E-state index in [4.69, 9.17) is 4.42 Å². The smallest absolute Gasteiger partial charge is 0.117 e. The summed E-state index contributed by atoms with van der Waals surface area (Å²) in [6.07, 6.45) is 7.16. The van der Waals surface area contributed by atoms with Gasteiger partial charge in [0, 0.05) is 0 Å². The Morgan fingerprint density at radius 1 is 1.41 bits per heavy atom. The SMILES string of the molecule is CN(CCCC1CCNCC1)Cc1ccco1. The third-order valence-electron chi connectivity index (χ3n) is 3.62. The van der Waals surface area contributed by atoms with E-state index in [0.29, 0.717) is 0 Å². The van der Waals surface area contributed by atoms with Crippen LogP contribution in [0.25, 0.3) is 0 Å². The van der Waals surface area contributed by atoms with Crippen molar-refractivity contribution in [3.05, 3.63) is 24.2 Å². The molecule has 0 aliphatic carbocycles. The van der Waals surface area contributed by atoms with Crippen LogP contribution in [0.1, 0.15) is 31.4 Å². The zero-order chi connectivity index (χ0) is 11.9. The van der Waals surface area contributed by atoms with Crippen molar-refractivity contribution >= 4 is 0 Å². The summed E-state index contributed by atoms with van der Waals surface area (Å²) < 4.78 is 5.35. The predicted molar refractivity (Wildman–Crippen MR) is 69.9 cm³/mol. The van der Waals surface area contributed by atoms with Gasteiger partial charge in [0.05, 0.1) is 12.8 Å². The van der Waals surface area contributed by atoms with Crippen molar-refractivity contribution in [2.24, 2.45) is 5.92 Å². The lowest BCUT2D eigenvalue weighted by Gasteiger charge is -2.23. The summed E-state index contributed by atoms with van der Waals surface area (Å²) in [5.41, 5.74) is 0. The van der Waals surface area contributed by atoms with E-state index < -0.39 is 0 Å². The summed E-state index contributed by atoms with van der Waals surface area (Å²) in [6.45, 7) is 4.53. The van der Waals surface area contributed by atoms with Crippen molar-refractivity contribution in [2.75, 3.05) is 26.7 Å². The van der Waals surface area contributed by atoms with E-state index in [2.05, 4.69) is 17.3 Å². The first-order valence-corrected chi connectivity index (χ1v) is 6.76. The molecule has 0 amide bonds. The fourth-order valence-corrected chi connectivity index (χ4v) is 2.57. The van der Waals surface area contributed by atoms with E-state index in [-0.39, 0.29) is 0 Å². The minimum atomic E-state index is 0.930. The van der Waals surface area contributed by atoms with Gasteiger partial charge in [0.15, 0.2) is 0 Å². The molecule has 96 valence electrons. The van der Waals surface area contributed by atoms with Crippen LogP contribution >= 0.6 is 0 Å². The molecule has 3 heteroatoms. The van der Waals surface area contributed by atoms with Gasteiger partial charge in [-0.2, -0.15) is 0 Å². The Labute approximate surface area is 104 Å². The summed E-state index contributed by atoms with van der Waals surface area (Å²) in [5, 5.41) is 3.42. The number of piperidine rings is 1. The molecule has 0 saturated carbocycles. The van der Waals surface area contributed by atoms with Gasteiger partial charge in [-0.15, -0.1) is 0 Å². The number of hydrogen-bond acceptors (Lipinski definition) is 3. The van der Waals surface area contributed by atoms with Crippen LogP contribution in [-0.2, 0) is 6.54 Å². The van der Waals surface area contributed by atoms with Gasteiger partial charge in [0.1, 0.15) is 5.76 Å². The third-order valence-corrected chi connectivity index (χ3v) is 3.62. The molecule has 1 aromatic heterocycles. The van der Waals surface area contributed by atoms with Gasteiger partial charge in [-0.05, 0) is 70.4 Å². The highest BCUT2D eigenvalue weighted by Gasteiger charge is 2.12. The van der Waals surface area contributed by atoms with Gasteiger partial charge in [0.2, 0.25) is 0 Å². The second-order valence-corrected chi connectivity index (χ2v) is 5.15. The molecule has 1 N–H and O–H groups in total. The predicted octanol–water partition coefficient (Wildman–Crippen LogP) is 2.49. The Balaban J connectivity index is 1.58. The van der Waals surface area contributed by atoms with E-state index in [1.807, 2.05) is 12.1 Å². The second-order valence-electron chi connectivity index (χ2n) is 5.15. The van der Waals surface area contributed by atoms with Crippen molar-refractivity contribution in [1.29, 1.82) is 0 Å². The van der Waals surface area contributed by atoms with Gasteiger partial charge < -0.3 is 9.73 Å². The van der Waals surface area contributed by atoms with Crippen LogP contribution in [0.2, 0.25) is 0 Å². The lowest BCUT2D eigenvalue weighted by Crippen LogP contribution is -2.28. The van der Waals surface area contributed by atoms with Crippen LogP contribution in [0.5, 0.6) is 0 Å². The summed E-state index contributed by atoms with van der Waals surface area (Å²) >= 11 is 0. The molecule has 2 rings (SSSR count).